The van der Waals surface area contributed by atoms with E-state index in [2.05, 4.69) is 19.1 Å². The number of anilines is 1. The topological polar surface area (TPSA) is 46.6 Å². The number of allylic oxidation sites excluding steroid dienone is 2. The van der Waals surface area contributed by atoms with Crippen molar-refractivity contribution >= 4 is 17.5 Å². The maximum atomic E-state index is 12.8. The molecule has 2 amide bonds. The number of benzene rings is 1. The van der Waals surface area contributed by atoms with Gasteiger partial charge in [-0.2, -0.15) is 0 Å². The van der Waals surface area contributed by atoms with Crippen LogP contribution in [0.2, 0.25) is 0 Å². The molecule has 0 spiro atoms. The molecule has 0 N–H and O–H groups in total. The van der Waals surface area contributed by atoms with Gasteiger partial charge < -0.3 is 4.74 Å². The number of carbonyl (C=O) groups excluding carboxylic acids is 2. The highest BCUT2D eigenvalue weighted by Gasteiger charge is 2.56. The minimum Gasteiger partial charge on any atom is -0.494 e. The van der Waals surface area contributed by atoms with Gasteiger partial charge in [0.25, 0.3) is 0 Å². The minimum atomic E-state index is -0.151. The van der Waals surface area contributed by atoms with Crippen LogP contribution >= 0.6 is 0 Å². The maximum absolute atomic E-state index is 12.8. The first kappa shape index (κ1) is 14.5. The number of hydrogen-bond donors (Lipinski definition) is 0. The van der Waals surface area contributed by atoms with Crippen molar-refractivity contribution in [3.8, 4) is 5.75 Å². The monoisotopic (exact) mass is 311 g/mol. The summed E-state index contributed by atoms with van der Waals surface area (Å²) in [6.45, 7) is 2.72. The van der Waals surface area contributed by atoms with Crippen molar-refractivity contribution in [3.05, 3.63) is 36.4 Å². The van der Waals surface area contributed by atoms with Crippen LogP contribution in [0.25, 0.3) is 0 Å². The average molecular weight is 311 g/mol. The molecule has 4 atom stereocenters. The Morgan fingerprint density at radius 2 is 1.57 bits per heavy atom. The second-order valence-electron chi connectivity index (χ2n) is 6.70. The molecule has 3 aliphatic carbocycles. The van der Waals surface area contributed by atoms with Crippen LogP contribution in [-0.2, 0) is 9.59 Å². The largest absolute Gasteiger partial charge is 0.494 e. The van der Waals surface area contributed by atoms with Crippen molar-refractivity contribution in [2.75, 3.05) is 11.5 Å². The fraction of sp³-hybridized carbons (Fsp3) is 0.474. The van der Waals surface area contributed by atoms with Gasteiger partial charge in [0, 0.05) is 0 Å². The van der Waals surface area contributed by atoms with E-state index in [0.717, 1.165) is 25.0 Å². The number of fused-ring (bicyclic) bond motifs is 1. The zero-order chi connectivity index (χ0) is 16.0. The number of nitrogens with zero attached hydrogens (tertiary/aromatic N) is 1. The predicted molar refractivity (Wildman–Crippen MR) is 87.1 cm³/mol. The van der Waals surface area contributed by atoms with Crippen LogP contribution in [0.1, 0.15) is 26.2 Å². The van der Waals surface area contributed by atoms with Gasteiger partial charge in [-0.1, -0.05) is 19.1 Å². The third-order valence-electron chi connectivity index (χ3n) is 5.33. The second-order valence-corrected chi connectivity index (χ2v) is 6.70. The van der Waals surface area contributed by atoms with Crippen LogP contribution in [-0.4, -0.2) is 18.4 Å². The molecule has 4 aliphatic rings. The molecule has 4 nitrogen and oxygen atoms in total. The van der Waals surface area contributed by atoms with E-state index in [1.165, 1.54) is 4.90 Å². The van der Waals surface area contributed by atoms with Gasteiger partial charge in [-0.15, -0.1) is 0 Å². The van der Waals surface area contributed by atoms with Gasteiger partial charge in [-0.25, -0.2) is 0 Å². The summed E-state index contributed by atoms with van der Waals surface area (Å²) in [6, 6.07) is 7.29. The smallest absolute Gasteiger partial charge is 0.238 e. The lowest BCUT2D eigenvalue weighted by Gasteiger charge is -2.38. The van der Waals surface area contributed by atoms with Gasteiger partial charge in [0.2, 0.25) is 11.8 Å². The summed E-state index contributed by atoms with van der Waals surface area (Å²) in [5.41, 5.74) is 0.664. The summed E-state index contributed by atoms with van der Waals surface area (Å²) in [4.78, 5) is 27.1. The first-order valence-corrected chi connectivity index (χ1v) is 8.49. The summed E-state index contributed by atoms with van der Waals surface area (Å²) in [5, 5.41) is 0. The Morgan fingerprint density at radius 1 is 1.00 bits per heavy atom. The minimum absolute atomic E-state index is 0.0266. The zero-order valence-corrected chi connectivity index (χ0v) is 13.3. The van der Waals surface area contributed by atoms with E-state index >= 15 is 0 Å². The number of ether oxygens (including phenoxy) is 1. The lowest BCUT2D eigenvalue weighted by molar-refractivity contribution is -0.124. The Kier molecular flexibility index (Phi) is 3.47. The summed E-state index contributed by atoms with van der Waals surface area (Å²) in [7, 11) is 0. The standard InChI is InChI=1S/C19H21NO3/c1-2-11-23-15-9-7-14(8-10-15)20-18(21)16-12-3-4-13(6-5-12)17(16)19(20)22/h3-4,7-10,12-13,16-17H,2,5-6,11H2,1H3/t12-,13+,16-,17-/m0/s1. The van der Waals surface area contributed by atoms with E-state index in [9.17, 15) is 9.59 Å². The third kappa shape index (κ3) is 2.19. The number of hydrogen-bond acceptors (Lipinski definition) is 3. The molecule has 0 aromatic heterocycles. The van der Waals surface area contributed by atoms with Crippen LogP contribution in [0.5, 0.6) is 5.75 Å². The number of rotatable bonds is 4. The molecule has 1 saturated carbocycles. The first-order chi connectivity index (χ1) is 11.2. The molecule has 23 heavy (non-hydrogen) atoms. The van der Waals surface area contributed by atoms with Crippen molar-refractivity contribution in [1.29, 1.82) is 0 Å². The highest BCUT2D eigenvalue weighted by atomic mass is 16.5. The Bertz CT molecular complexity index is 632. The number of carbonyl (C=O) groups is 2. The quantitative estimate of drug-likeness (QED) is 0.634. The summed E-state index contributed by atoms with van der Waals surface area (Å²) < 4.78 is 5.57. The molecule has 120 valence electrons. The summed E-state index contributed by atoms with van der Waals surface area (Å²) in [5.74, 6) is 0.887. The molecular weight excluding hydrogens is 290 g/mol. The normalized spacial score (nSPS) is 31.6. The Balaban J connectivity index is 1.60. The Morgan fingerprint density at radius 3 is 2.04 bits per heavy atom. The second kappa shape index (κ2) is 5.52. The molecule has 1 saturated heterocycles. The van der Waals surface area contributed by atoms with Crippen LogP contribution in [0, 0.1) is 23.7 Å². The van der Waals surface area contributed by atoms with Gasteiger partial charge in [0.15, 0.2) is 0 Å². The highest BCUT2D eigenvalue weighted by Crippen LogP contribution is 2.50. The van der Waals surface area contributed by atoms with Gasteiger partial charge in [0.1, 0.15) is 5.75 Å². The van der Waals surface area contributed by atoms with Gasteiger partial charge >= 0.3 is 0 Å². The molecule has 5 rings (SSSR count). The zero-order valence-electron chi connectivity index (χ0n) is 13.3. The van der Waals surface area contributed by atoms with E-state index in [0.29, 0.717) is 12.3 Å². The number of amides is 2. The van der Waals surface area contributed by atoms with Crippen LogP contribution in [0.15, 0.2) is 36.4 Å². The lowest BCUT2D eigenvalue weighted by atomic mass is 9.63. The fourth-order valence-corrected chi connectivity index (χ4v) is 4.24. The molecule has 0 unspecified atom stereocenters. The van der Waals surface area contributed by atoms with Crippen molar-refractivity contribution in [3.63, 3.8) is 0 Å². The Hall–Kier alpha value is -2.10. The predicted octanol–water partition coefficient (Wildman–Crippen LogP) is 3.18. The average Bonchev–Trinajstić information content (AvgIpc) is 2.88. The molecule has 1 aliphatic heterocycles. The third-order valence-corrected chi connectivity index (χ3v) is 5.33. The van der Waals surface area contributed by atoms with E-state index in [-0.39, 0.29) is 35.5 Å². The van der Waals surface area contributed by atoms with Crippen molar-refractivity contribution in [2.24, 2.45) is 23.7 Å². The maximum Gasteiger partial charge on any atom is 0.238 e. The van der Waals surface area contributed by atoms with Crippen LogP contribution < -0.4 is 9.64 Å². The van der Waals surface area contributed by atoms with E-state index in [1.54, 1.807) is 0 Å². The van der Waals surface area contributed by atoms with Crippen LogP contribution in [0.4, 0.5) is 5.69 Å². The van der Waals surface area contributed by atoms with Crippen molar-refractivity contribution in [2.45, 2.75) is 26.2 Å². The molecule has 4 heteroatoms. The molecule has 2 fully saturated rings. The van der Waals surface area contributed by atoms with Gasteiger partial charge in [0.05, 0.1) is 24.1 Å². The lowest BCUT2D eigenvalue weighted by Crippen LogP contribution is -2.38. The van der Waals surface area contributed by atoms with Crippen LogP contribution in [0.3, 0.4) is 0 Å². The fourth-order valence-electron chi connectivity index (χ4n) is 4.24. The van der Waals surface area contributed by atoms with Gasteiger partial charge in [-0.05, 0) is 55.4 Å². The number of imide groups is 1. The highest BCUT2D eigenvalue weighted by molar-refractivity contribution is 6.22. The van der Waals surface area contributed by atoms with Gasteiger partial charge in [-0.3, -0.25) is 14.5 Å². The van der Waals surface area contributed by atoms with Crippen molar-refractivity contribution in [1.82, 2.24) is 0 Å². The Labute approximate surface area is 136 Å². The summed E-state index contributed by atoms with van der Waals surface area (Å²) in [6.07, 6.45) is 7.29. The molecule has 1 heterocycles. The molecule has 0 radical (unpaired) electrons. The molecular formula is C19H21NO3. The first-order valence-electron chi connectivity index (χ1n) is 8.49. The van der Waals surface area contributed by atoms with E-state index in [1.807, 2.05) is 24.3 Å². The SMILES string of the molecule is CCCOc1ccc(N2C(=O)[C@@H]3[C@@H](C2=O)[C@H]2C=C[C@@H]3CC2)cc1. The molecule has 1 aromatic carbocycles. The summed E-state index contributed by atoms with van der Waals surface area (Å²) >= 11 is 0. The van der Waals surface area contributed by atoms with Crippen molar-refractivity contribution < 1.29 is 14.3 Å². The van der Waals surface area contributed by atoms with E-state index in [4.69, 9.17) is 4.74 Å². The molecule has 2 bridgehead atoms. The van der Waals surface area contributed by atoms with E-state index < -0.39 is 0 Å². The molecule has 1 aromatic rings.